The normalized spacial score (nSPS) is 12.4. The van der Waals surface area contributed by atoms with E-state index in [0.717, 1.165) is 17.7 Å². The lowest BCUT2D eigenvalue weighted by Gasteiger charge is -2.21. The van der Waals surface area contributed by atoms with Crippen LogP contribution in [0.5, 0.6) is 0 Å². The molecule has 19 heavy (non-hydrogen) atoms. The molecule has 0 bridgehead atoms. The van der Waals surface area contributed by atoms with E-state index in [1.165, 1.54) is 6.07 Å². The highest BCUT2D eigenvalue weighted by atomic mass is 35.5. The zero-order valence-electron chi connectivity index (χ0n) is 11.1. The Morgan fingerprint density at radius 1 is 1.16 bits per heavy atom. The van der Waals surface area contributed by atoms with Crippen LogP contribution in [0.2, 0.25) is 5.02 Å². The highest BCUT2D eigenvalue weighted by Gasteiger charge is 2.18. The van der Waals surface area contributed by atoms with Crippen LogP contribution in [0, 0.1) is 12.7 Å². The Balaban J connectivity index is 2.51. The zero-order chi connectivity index (χ0) is 13.8. The first kappa shape index (κ1) is 14.0. The van der Waals surface area contributed by atoms with Gasteiger partial charge in [-0.15, -0.1) is 0 Å². The number of aryl methyl sites for hydroxylation is 1. The van der Waals surface area contributed by atoms with E-state index in [9.17, 15) is 4.39 Å². The van der Waals surface area contributed by atoms with Gasteiger partial charge in [-0.1, -0.05) is 42.8 Å². The van der Waals surface area contributed by atoms with E-state index in [4.69, 9.17) is 11.6 Å². The average molecular weight is 278 g/mol. The van der Waals surface area contributed by atoms with Crippen molar-refractivity contribution in [3.05, 3.63) is 70.0 Å². The minimum Gasteiger partial charge on any atom is -0.306 e. The number of halogens is 2. The molecule has 1 nitrogen and oxygen atoms in total. The van der Waals surface area contributed by atoms with Crippen molar-refractivity contribution in [1.29, 1.82) is 0 Å². The summed E-state index contributed by atoms with van der Waals surface area (Å²) in [7, 11) is 0. The van der Waals surface area contributed by atoms with Crippen LogP contribution >= 0.6 is 11.6 Å². The van der Waals surface area contributed by atoms with Gasteiger partial charge < -0.3 is 5.32 Å². The summed E-state index contributed by atoms with van der Waals surface area (Å²) in [5.41, 5.74) is 2.76. The van der Waals surface area contributed by atoms with E-state index in [2.05, 4.69) is 5.32 Å². The van der Waals surface area contributed by atoms with Gasteiger partial charge >= 0.3 is 0 Å². The Morgan fingerprint density at radius 3 is 2.58 bits per heavy atom. The van der Waals surface area contributed by atoms with Gasteiger partial charge in [0.1, 0.15) is 5.82 Å². The van der Waals surface area contributed by atoms with Crippen molar-refractivity contribution in [3.63, 3.8) is 0 Å². The van der Waals surface area contributed by atoms with Crippen molar-refractivity contribution in [3.8, 4) is 0 Å². The quantitative estimate of drug-likeness (QED) is 0.868. The second-order valence-electron chi connectivity index (χ2n) is 4.51. The first-order valence-electron chi connectivity index (χ1n) is 6.37. The van der Waals surface area contributed by atoms with Crippen LogP contribution in [0.15, 0.2) is 42.5 Å². The lowest BCUT2D eigenvalue weighted by atomic mass is 9.94. The summed E-state index contributed by atoms with van der Waals surface area (Å²) in [5.74, 6) is -0.201. The smallest absolute Gasteiger partial charge is 0.128 e. The standard InChI is InChI=1S/C16H17ClFN/c1-3-19-16(13-6-4-5-7-15(13)18)14-10-12(17)9-8-11(14)2/h4-10,16,19H,3H2,1-2H3. The molecule has 2 rings (SSSR count). The van der Waals surface area contributed by atoms with Gasteiger partial charge in [-0.25, -0.2) is 4.39 Å². The largest absolute Gasteiger partial charge is 0.306 e. The van der Waals surface area contributed by atoms with Gasteiger partial charge in [0.15, 0.2) is 0 Å². The Kier molecular flexibility index (Phi) is 4.56. The third-order valence-corrected chi connectivity index (χ3v) is 3.41. The van der Waals surface area contributed by atoms with Crippen molar-refractivity contribution in [2.45, 2.75) is 19.9 Å². The first-order valence-corrected chi connectivity index (χ1v) is 6.75. The van der Waals surface area contributed by atoms with Crippen molar-refractivity contribution >= 4 is 11.6 Å². The van der Waals surface area contributed by atoms with Gasteiger partial charge in [0.05, 0.1) is 6.04 Å². The van der Waals surface area contributed by atoms with Gasteiger partial charge in [0.25, 0.3) is 0 Å². The number of rotatable bonds is 4. The maximum atomic E-state index is 14.0. The fourth-order valence-electron chi connectivity index (χ4n) is 2.22. The fraction of sp³-hybridized carbons (Fsp3) is 0.250. The molecule has 0 spiro atoms. The van der Waals surface area contributed by atoms with E-state index >= 15 is 0 Å². The minimum atomic E-state index is -0.201. The second-order valence-corrected chi connectivity index (χ2v) is 4.95. The molecule has 0 aliphatic carbocycles. The summed E-state index contributed by atoms with van der Waals surface area (Å²) in [5, 5.41) is 3.99. The average Bonchev–Trinajstić information content (AvgIpc) is 2.40. The summed E-state index contributed by atoms with van der Waals surface area (Å²) in [6.45, 7) is 4.77. The number of benzene rings is 2. The van der Waals surface area contributed by atoms with E-state index in [0.29, 0.717) is 10.6 Å². The molecule has 100 valence electrons. The predicted octanol–water partition coefficient (Wildman–Crippen LogP) is 4.49. The summed E-state index contributed by atoms with van der Waals surface area (Å²) in [4.78, 5) is 0. The number of hydrogen-bond acceptors (Lipinski definition) is 1. The lowest BCUT2D eigenvalue weighted by Crippen LogP contribution is -2.23. The Morgan fingerprint density at radius 2 is 1.89 bits per heavy atom. The van der Waals surface area contributed by atoms with Crippen molar-refractivity contribution in [2.24, 2.45) is 0 Å². The second kappa shape index (κ2) is 6.18. The third kappa shape index (κ3) is 3.14. The van der Waals surface area contributed by atoms with Gasteiger partial charge in [0.2, 0.25) is 0 Å². The molecule has 0 saturated heterocycles. The minimum absolute atomic E-state index is 0.176. The highest BCUT2D eigenvalue weighted by molar-refractivity contribution is 6.30. The van der Waals surface area contributed by atoms with E-state index in [1.807, 2.05) is 44.2 Å². The number of nitrogens with one attached hydrogen (secondary N) is 1. The summed E-state index contributed by atoms with van der Waals surface area (Å²) in [6, 6.07) is 12.4. The van der Waals surface area contributed by atoms with Crippen LogP contribution in [0.1, 0.15) is 29.7 Å². The lowest BCUT2D eigenvalue weighted by molar-refractivity contribution is 0.558. The van der Waals surface area contributed by atoms with Crippen LogP contribution in [-0.2, 0) is 0 Å². The molecule has 1 atom stereocenters. The van der Waals surface area contributed by atoms with E-state index in [1.54, 1.807) is 6.07 Å². The predicted molar refractivity (Wildman–Crippen MR) is 78.1 cm³/mol. The van der Waals surface area contributed by atoms with Crippen LogP contribution in [0.25, 0.3) is 0 Å². The van der Waals surface area contributed by atoms with Crippen molar-refractivity contribution in [1.82, 2.24) is 5.32 Å². The monoisotopic (exact) mass is 277 g/mol. The van der Waals surface area contributed by atoms with Crippen LogP contribution in [0.3, 0.4) is 0 Å². The Bertz CT molecular complexity index is 568. The molecule has 0 heterocycles. The molecule has 3 heteroatoms. The highest BCUT2D eigenvalue weighted by Crippen LogP contribution is 2.28. The van der Waals surface area contributed by atoms with Crippen LogP contribution in [0.4, 0.5) is 4.39 Å². The Labute approximate surface area is 118 Å². The molecule has 0 radical (unpaired) electrons. The third-order valence-electron chi connectivity index (χ3n) is 3.18. The van der Waals surface area contributed by atoms with Gasteiger partial charge in [-0.05, 0) is 42.8 Å². The molecule has 0 amide bonds. The number of hydrogen-bond donors (Lipinski definition) is 1. The van der Waals surface area contributed by atoms with Gasteiger partial charge in [-0.2, -0.15) is 0 Å². The van der Waals surface area contributed by atoms with Crippen molar-refractivity contribution < 1.29 is 4.39 Å². The molecule has 0 fully saturated rings. The molecule has 0 aliphatic heterocycles. The molecular formula is C16H17ClFN. The van der Waals surface area contributed by atoms with Crippen LogP contribution in [-0.4, -0.2) is 6.54 Å². The summed E-state index contributed by atoms with van der Waals surface area (Å²) >= 11 is 6.07. The first-order chi connectivity index (χ1) is 9.13. The van der Waals surface area contributed by atoms with Crippen molar-refractivity contribution in [2.75, 3.05) is 6.54 Å². The Hall–Kier alpha value is -1.38. The fourth-order valence-corrected chi connectivity index (χ4v) is 2.40. The molecule has 0 aromatic heterocycles. The van der Waals surface area contributed by atoms with Gasteiger partial charge in [0, 0.05) is 10.6 Å². The molecule has 2 aromatic rings. The van der Waals surface area contributed by atoms with E-state index in [-0.39, 0.29) is 11.9 Å². The molecule has 1 unspecified atom stereocenters. The molecule has 0 aliphatic rings. The van der Waals surface area contributed by atoms with Gasteiger partial charge in [-0.3, -0.25) is 0 Å². The summed E-state index contributed by atoms with van der Waals surface area (Å²) < 4.78 is 14.0. The topological polar surface area (TPSA) is 12.0 Å². The maximum absolute atomic E-state index is 14.0. The maximum Gasteiger partial charge on any atom is 0.128 e. The zero-order valence-corrected chi connectivity index (χ0v) is 11.8. The molecule has 0 saturated carbocycles. The summed E-state index contributed by atoms with van der Waals surface area (Å²) in [6.07, 6.45) is 0. The van der Waals surface area contributed by atoms with Crippen LogP contribution < -0.4 is 5.32 Å². The molecular weight excluding hydrogens is 261 g/mol. The van der Waals surface area contributed by atoms with E-state index < -0.39 is 0 Å². The molecule has 2 aromatic carbocycles. The molecule has 1 N–H and O–H groups in total. The SMILES string of the molecule is CCNC(c1cc(Cl)ccc1C)c1ccccc1F.